The molecule has 0 saturated heterocycles. The lowest BCUT2D eigenvalue weighted by Crippen LogP contribution is -2.25. The van der Waals surface area contributed by atoms with Gasteiger partial charge in [0, 0.05) is 4.88 Å². The second-order valence-electron chi connectivity index (χ2n) is 4.37. The van der Waals surface area contributed by atoms with Crippen molar-refractivity contribution in [3.63, 3.8) is 0 Å². The maximum atomic E-state index is 5.26. The number of ether oxygens (including phenoxy) is 1. The number of para-hydroxylation sites is 2. The highest BCUT2D eigenvalue weighted by Crippen LogP contribution is 2.22. The van der Waals surface area contributed by atoms with Crippen molar-refractivity contribution < 1.29 is 4.74 Å². The molecule has 0 unspecified atom stereocenters. The highest BCUT2D eigenvalue weighted by Gasteiger charge is 2.04. The van der Waals surface area contributed by atoms with E-state index in [1.807, 2.05) is 31.2 Å². The summed E-state index contributed by atoms with van der Waals surface area (Å²) in [5.41, 5.74) is 4.55. The third-order valence-corrected chi connectivity index (χ3v) is 4.08. The van der Waals surface area contributed by atoms with Gasteiger partial charge < -0.3 is 10.1 Å². The maximum absolute atomic E-state index is 5.26. The predicted octanol–water partition coefficient (Wildman–Crippen LogP) is 3.78. The SMILES string of the molecule is COc1ccccc1NC(=S)N/N=C(/C)c1ccc(C)s1. The Balaban J connectivity index is 1.99. The van der Waals surface area contributed by atoms with Crippen LogP contribution in [0.4, 0.5) is 5.69 Å². The molecule has 110 valence electrons. The summed E-state index contributed by atoms with van der Waals surface area (Å²) < 4.78 is 5.26. The fraction of sp³-hybridized carbons (Fsp3) is 0.200. The Bertz CT molecular complexity index is 664. The summed E-state index contributed by atoms with van der Waals surface area (Å²) in [7, 11) is 1.62. The summed E-state index contributed by atoms with van der Waals surface area (Å²) in [5, 5.41) is 7.78. The number of aryl methyl sites for hydroxylation is 1. The Hall–Kier alpha value is -1.92. The molecule has 1 aromatic heterocycles. The summed E-state index contributed by atoms with van der Waals surface area (Å²) in [5.74, 6) is 0.733. The quantitative estimate of drug-likeness (QED) is 0.511. The first-order valence-corrected chi connectivity index (χ1v) is 7.63. The molecule has 0 saturated carbocycles. The zero-order chi connectivity index (χ0) is 15.2. The van der Waals surface area contributed by atoms with Gasteiger partial charge in [-0.1, -0.05) is 12.1 Å². The first-order chi connectivity index (χ1) is 10.1. The van der Waals surface area contributed by atoms with Crippen LogP contribution in [0.3, 0.4) is 0 Å². The number of anilines is 1. The van der Waals surface area contributed by atoms with Crippen LogP contribution in [-0.4, -0.2) is 17.9 Å². The lowest BCUT2D eigenvalue weighted by Gasteiger charge is -2.11. The predicted molar refractivity (Wildman–Crippen MR) is 93.6 cm³/mol. The molecule has 0 radical (unpaired) electrons. The van der Waals surface area contributed by atoms with E-state index in [0.29, 0.717) is 5.11 Å². The van der Waals surface area contributed by atoms with Gasteiger partial charge in [0.05, 0.1) is 23.4 Å². The molecule has 1 heterocycles. The number of thiophene rings is 1. The Kier molecular flexibility index (Phi) is 5.30. The van der Waals surface area contributed by atoms with Gasteiger partial charge in [-0.15, -0.1) is 11.3 Å². The van der Waals surface area contributed by atoms with Gasteiger partial charge >= 0.3 is 0 Å². The number of rotatable bonds is 4. The number of nitrogens with one attached hydrogen (secondary N) is 2. The van der Waals surface area contributed by atoms with E-state index >= 15 is 0 Å². The van der Waals surface area contributed by atoms with Crippen molar-refractivity contribution in [2.75, 3.05) is 12.4 Å². The van der Waals surface area contributed by atoms with Crippen LogP contribution in [0.15, 0.2) is 41.5 Å². The van der Waals surface area contributed by atoms with Gasteiger partial charge in [-0.05, 0) is 50.3 Å². The van der Waals surface area contributed by atoms with Crippen LogP contribution in [0.2, 0.25) is 0 Å². The van der Waals surface area contributed by atoms with E-state index in [0.717, 1.165) is 22.0 Å². The van der Waals surface area contributed by atoms with E-state index in [9.17, 15) is 0 Å². The Morgan fingerprint density at radius 3 is 2.67 bits per heavy atom. The molecule has 6 heteroatoms. The van der Waals surface area contributed by atoms with E-state index in [4.69, 9.17) is 17.0 Å². The van der Waals surface area contributed by atoms with Crippen molar-refractivity contribution in [2.45, 2.75) is 13.8 Å². The summed E-state index contributed by atoms with van der Waals surface area (Å²) >= 11 is 6.94. The van der Waals surface area contributed by atoms with Crippen LogP contribution in [0.1, 0.15) is 16.7 Å². The zero-order valence-electron chi connectivity index (χ0n) is 12.1. The minimum Gasteiger partial charge on any atom is -0.495 e. The molecular weight excluding hydrogens is 302 g/mol. The van der Waals surface area contributed by atoms with Crippen LogP contribution < -0.4 is 15.5 Å². The summed E-state index contributed by atoms with van der Waals surface area (Å²) in [4.78, 5) is 2.38. The first-order valence-electron chi connectivity index (χ1n) is 6.41. The minimum atomic E-state index is 0.423. The molecule has 2 rings (SSSR count). The van der Waals surface area contributed by atoms with E-state index in [-0.39, 0.29) is 0 Å². The first kappa shape index (κ1) is 15.5. The topological polar surface area (TPSA) is 45.6 Å². The maximum Gasteiger partial charge on any atom is 0.191 e. The fourth-order valence-corrected chi connectivity index (χ4v) is 2.68. The summed E-state index contributed by atoms with van der Waals surface area (Å²) in [6.45, 7) is 4.02. The van der Waals surface area contributed by atoms with Crippen molar-refractivity contribution >= 4 is 40.1 Å². The summed E-state index contributed by atoms with van der Waals surface area (Å²) in [6.07, 6.45) is 0. The average molecular weight is 319 g/mol. The molecular formula is C15H17N3OS2. The lowest BCUT2D eigenvalue weighted by atomic mass is 10.3. The molecule has 0 atom stereocenters. The van der Waals surface area contributed by atoms with Crippen LogP contribution >= 0.6 is 23.6 Å². The monoisotopic (exact) mass is 319 g/mol. The molecule has 0 aliphatic carbocycles. The number of hydrazone groups is 1. The number of benzene rings is 1. The molecule has 0 aliphatic heterocycles. The van der Waals surface area contributed by atoms with Crippen molar-refractivity contribution in [2.24, 2.45) is 5.10 Å². The molecule has 0 spiro atoms. The molecule has 4 nitrogen and oxygen atoms in total. The van der Waals surface area contributed by atoms with Crippen molar-refractivity contribution in [1.29, 1.82) is 0 Å². The van der Waals surface area contributed by atoms with Gasteiger partial charge in [0.1, 0.15) is 5.75 Å². The fourth-order valence-electron chi connectivity index (χ4n) is 1.72. The van der Waals surface area contributed by atoms with Gasteiger partial charge in [0.15, 0.2) is 5.11 Å². The minimum absolute atomic E-state index is 0.423. The smallest absolute Gasteiger partial charge is 0.191 e. The second kappa shape index (κ2) is 7.19. The van der Waals surface area contributed by atoms with Crippen molar-refractivity contribution in [3.05, 3.63) is 46.2 Å². The number of hydrogen-bond donors (Lipinski definition) is 2. The Morgan fingerprint density at radius 1 is 1.24 bits per heavy atom. The summed E-state index contributed by atoms with van der Waals surface area (Å²) in [6, 6.07) is 11.7. The molecule has 21 heavy (non-hydrogen) atoms. The van der Waals surface area contributed by atoms with Crippen molar-refractivity contribution in [3.8, 4) is 5.75 Å². The Morgan fingerprint density at radius 2 is 2.00 bits per heavy atom. The van der Waals surface area contributed by atoms with Gasteiger partial charge in [0.2, 0.25) is 0 Å². The molecule has 0 bridgehead atoms. The second-order valence-corrected chi connectivity index (χ2v) is 6.07. The van der Waals surface area contributed by atoms with E-state index < -0.39 is 0 Å². The molecule has 0 amide bonds. The largest absolute Gasteiger partial charge is 0.495 e. The van der Waals surface area contributed by atoms with Crippen LogP contribution in [0.5, 0.6) is 5.75 Å². The van der Waals surface area contributed by atoms with E-state index in [1.165, 1.54) is 4.88 Å². The van der Waals surface area contributed by atoms with Gasteiger partial charge in [-0.2, -0.15) is 5.10 Å². The Labute approximate surface area is 133 Å². The molecule has 2 aromatic rings. The van der Waals surface area contributed by atoms with Crippen molar-refractivity contribution in [1.82, 2.24) is 5.43 Å². The molecule has 2 N–H and O–H groups in total. The third-order valence-electron chi connectivity index (χ3n) is 2.78. The number of methoxy groups -OCH3 is 1. The van der Waals surface area contributed by atoms with E-state index in [1.54, 1.807) is 18.4 Å². The zero-order valence-corrected chi connectivity index (χ0v) is 13.8. The normalized spacial score (nSPS) is 11.1. The molecule has 0 fully saturated rings. The standard InChI is InChI=1S/C15H17N3OS2/c1-10-8-9-14(21-10)11(2)17-18-15(20)16-12-6-4-5-7-13(12)19-3/h4-9H,1-3H3,(H2,16,18,20)/b17-11-. The lowest BCUT2D eigenvalue weighted by molar-refractivity contribution is 0.417. The van der Waals surface area contributed by atoms with Gasteiger partial charge in [-0.3, -0.25) is 5.43 Å². The van der Waals surface area contributed by atoms with Crippen LogP contribution in [0, 0.1) is 6.92 Å². The number of hydrogen-bond acceptors (Lipinski definition) is 4. The third kappa shape index (κ3) is 4.27. The average Bonchev–Trinajstić information content (AvgIpc) is 2.92. The number of nitrogens with zero attached hydrogens (tertiary/aromatic N) is 1. The number of thiocarbonyl (C=S) groups is 1. The van der Waals surface area contributed by atoms with E-state index in [2.05, 4.69) is 34.9 Å². The highest BCUT2D eigenvalue weighted by molar-refractivity contribution is 7.80. The molecule has 0 aliphatic rings. The van der Waals surface area contributed by atoms with Gasteiger partial charge in [-0.25, -0.2) is 0 Å². The van der Waals surface area contributed by atoms with Crippen LogP contribution in [-0.2, 0) is 0 Å². The molecule has 1 aromatic carbocycles. The highest BCUT2D eigenvalue weighted by atomic mass is 32.1. The van der Waals surface area contributed by atoms with Gasteiger partial charge in [0.25, 0.3) is 0 Å². The van der Waals surface area contributed by atoms with Crippen LogP contribution in [0.25, 0.3) is 0 Å².